The lowest BCUT2D eigenvalue weighted by molar-refractivity contribution is -0.126. The van der Waals surface area contributed by atoms with E-state index in [0.717, 1.165) is 24.2 Å². The van der Waals surface area contributed by atoms with Crippen LogP contribution in [-0.4, -0.2) is 30.5 Å². The van der Waals surface area contributed by atoms with E-state index in [-0.39, 0.29) is 11.3 Å². The number of fused-ring (bicyclic) bond motifs is 2. The molecule has 1 aromatic carbocycles. The first-order valence-electron chi connectivity index (χ1n) is 8.61. The number of likely N-dealkylation sites (tertiary alicyclic amines) is 1. The summed E-state index contributed by atoms with van der Waals surface area (Å²) in [6.45, 7) is 6.48. The second kappa shape index (κ2) is 6.08. The number of carbonyl (C=O) groups excluding carboxylic acids is 1. The first-order chi connectivity index (χ1) is 12.1. The average Bonchev–Trinajstić information content (AvgIpc) is 3.30. The molecule has 25 heavy (non-hydrogen) atoms. The van der Waals surface area contributed by atoms with Gasteiger partial charge in [-0.25, -0.2) is 0 Å². The van der Waals surface area contributed by atoms with Crippen LogP contribution in [0.2, 0.25) is 0 Å². The third-order valence-electron chi connectivity index (χ3n) is 5.44. The van der Waals surface area contributed by atoms with Crippen molar-refractivity contribution < 1.29 is 13.9 Å². The van der Waals surface area contributed by atoms with E-state index in [1.165, 1.54) is 5.56 Å². The Morgan fingerprint density at radius 3 is 2.76 bits per heavy atom. The highest BCUT2D eigenvalue weighted by Gasteiger charge is 2.44. The molecule has 1 spiro atoms. The Morgan fingerprint density at radius 2 is 2.08 bits per heavy atom. The molecule has 0 aliphatic carbocycles. The van der Waals surface area contributed by atoms with Gasteiger partial charge in [-0.1, -0.05) is 18.7 Å². The van der Waals surface area contributed by atoms with Gasteiger partial charge in [0, 0.05) is 30.6 Å². The van der Waals surface area contributed by atoms with Crippen molar-refractivity contribution in [2.75, 3.05) is 19.7 Å². The summed E-state index contributed by atoms with van der Waals surface area (Å²) in [5.74, 6) is 1.43. The largest absolute Gasteiger partial charge is 0.492 e. The van der Waals surface area contributed by atoms with E-state index in [9.17, 15) is 4.79 Å². The fourth-order valence-corrected chi connectivity index (χ4v) is 3.84. The fourth-order valence-electron chi connectivity index (χ4n) is 3.84. The van der Waals surface area contributed by atoms with Gasteiger partial charge in [0.25, 0.3) is 5.91 Å². The summed E-state index contributed by atoms with van der Waals surface area (Å²) in [5.41, 5.74) is 8.55. The van der Waals surface area contributed by atoms with Gasteiger partial charge in [-0.05, 0) is 36.6 Å². The highest BCUT2D eigenvalue weighted by molar-refractivity contribution is 6.17. The molecule has 0 saturated carbocycles. The number of amides is 1. The first-order valence-corrected chi connectivity index (χ1v) is 8.61. The lowest BCUT2D eigenvalue weighted by atomic mass is 9.74. The predicted octanol–water partition coefficient (Wildman–Crippen LogP) is 2.70. The second-order valence-corrected chi connectivity index (χ2v) is 6.85. The van der Waals surface area contributed by atoms with Crippen molar-refractivity contribution in [1.29, 1.82) is 0 Å². The Balaban J connectivity index is 1.49. The van der Waals surface area contributed by atoms with Gasteiger partial charge in [0.1, 0.15) is 11.5 Å². The molecule has 130 valence electrons. The van der Waals surface area contributed by atoms with Gasteiger partial charge in [-0.15, -0.1) is 0 Å². The molecule has 2 aliphatic heterocycles. The van der Waals surface area contributed by atoms with E-state index in [1.54, 1.807) is 18.4 Å². The molecule has 1 fully saturated rings. The SMILES string of the molecule is C=C(C(=O)N1CCC2(CC1)COc1ccc(CN)cc12)c1ccco1. The van der Waals surface area contributed by atoms with Crippen LogP contribution in [0.4, 0.5) is 0 Å². The normalized spacial score (nSPS) is 18.0. The van der Waals surface area contributed by atoms with Crippen LogP contribution >= 0.6 is 0 Å². The van der Waals surface area contributed by atoms with E-state index in [1.807, 2.05) is 17.0 Å². The first kappa shape index (κ1) is 16.0. The summed E-state index contributed by atoms with van der Waals surface area (Å²) in [6.07, 6.45) is 3.32. The zero-order valence-corrected chi connectivity index (χ0v) is 14.2. The van der Waals surface area contributed by atoms with E-state index in [0.29, 0.717) is 37.6 Å². The number of benzene rings is 1. The molecule has 0 bridgehead atoms. The molecular formula is C20H22N2O3. The molecule has 5 heteroatoms. The molecule has 0 radical (unpaired) electrons. The number of rotatable bonds is 3. The number of nitrogens with zero attached hydrogens (tertiary/aromatic N) is 1. The molecule has 2 N–H and O–H groups in total. The van der Waals surface area contributed by atoms with Crippen LogP contribution in [0.5, 0.6) is 5.75 Å². The maximum absolute atomic E-state index is 12.7. The van der Waals surface area contributed by atoms with Crippen LogP contribution in [0, 0.1) is 0 Å². The number of piperidine rings is 1. The van der Waals surface area contributed by atoms with Crippen LogP contribution in [0.15, 0.2) is 47.6 Å². The molecule has 1 amide bonds. The number of carbonyl (C=O) groups is 1. The molecular weight excluding hydrogens is 316 g/mol. The molecule has 3 heterocycles. The summed E-state index contributed by atoms with van der Waals surface area (Å²) in [7, 11) is 0. The van der Waals surface area contributed by atoms with Crippen molar-refractivity contribution in [3.05, 3.63) is 60.1 Å². The Hall–Kier alpha value is -2.53. The smallest absolute Gasteiger partial charge is 0.257 e. The number of hydrogen-bond acceptors (Lipinski definition) is 4. The van der Waals surface area contributed by atoms with Gasteiger partial charge < -0.3 is 19.8 Å². The molecule has 0 unspecified atom stereocenters. The highest BCUT2D eigenvalue weighted by atomic mass is 16.5. The number of nitrogens with two attached hydrogens (primary N) is 1. The van der Waals surface area contributed by atoms with Crippen molar-refractivity contribution in [1.82, 2.24) is 4.90 Å². The van der Waals surface area contributed by atoms with Crippen LogP contribution in [-0.2, 0) is 16.8 Å². The zero-order chi connectivity index (χ0) is 17.4. The van der Waals surface area contributed by atoms with Crippen molar-refractivity contribution in [3.8, 4) is 5.75 Å². The zero-order valence-electron chi connectivity index (χ0n) is 14.2. The van der Waals surface area contributed by atoms with E-state index < -0.39 is 0 Å². The second-order valence-electron chi connectivity index (χ2n) is 6.85. The predicted molar refractivity (Wildman–Crippen MR) is 95.1 cm³/mol. The van der Waals surface area contributed by atoms with Crippen molar-refractivity contribution in [2.24, 2.45) is 5.73 Å². The summed E-state index contributed by atoms with van der Waals surface area (Å²) in [6, 6.07) is 9.73. The Kier molecular flexibility index (Phi) is 3.88. The average molecular weight is 338 g/mol. The summed E-state index contributed by atoms with van der Waals surface area (Å²) >= 11 is 0. The van der Waals surface area contributed by atoms with Crippen molar-refractivity contribution in [3.63, 3.8) is 0 Å². The fraction of sp³-hybridized carbons (Fsp3) is 0.350. The standard InChI is InChI=1S/C20H22N2O3/c1-14(17-3-2-10-24-17)19(23)22-8-6-20(7-9-22)13-25-18-5-4-15(12-21)11-16(18)20/h2-5,10-11H,1,6-9,12-13,21H2. The monoisotopic (exact) mass is 338 g/mol. The topological polar surface area (TPSA) is 68.7 Å². The quantitative estimate of drug-likeness (QED) is 0.874. The number of hydrogen-bond donors (Lipinski definition) is 1. The maximum Gasteiger partial charge on any atom is 0.257 e. The summed E-state index contributed by atoms with van der Waals surface area (Å²) < 4.78 is 11.2. The molecule has 2 aromatic rings. The summed E-state index contributed by atoms with van der Waals surface area (Å²) in [4.78, 5) is 14.5. The van der Waals surface area contributed by atoms with Crippen LogP contribution in [0.25, 0.3) is 5.57 Å². The molecule has 2 aliphatic rings. The van der Waals surface area contributed by atoms with Crippen molar-refractivity contribution >= 4 is 11.5 Å². The van der Waals surface area contributed by atoms with Gasteiger partial charge in [0.15, 0.2) is 0 Å². The van der Waals surface area contributed by atoms with E-state index >= 15 is 0 Å². The van der Waals surface area contributed by atoms with Crippen LogP contribution in [0.3, 0.4) is 0 Å². The number of ether oxygens (including phenoxy) is 1. The van der Waals surface area contributed by atoms with Gasteiger partial charge in [0.05, 0.1) is 18.4 Å². The number of furan rings is 1. The highest BCUT2D eigenvalue weighted by Crippen LogP contribution is 2.46. The Morgan fingerprint density at radius 1 is 1.28 bits per heavy atom. The Labute approximate surface area is 147 Å². The van der Waals surface area contributed by atoms with Crippen LogP contribution in [0.1, 0.15) is 29.7 Å². The van der Waals surface area contributed by atoms with Gasteiger partial charge in [-0.2, -0.15) is 0 Å². The van der Waals surface area contributed by atoms with Crippen LogP contribution < -0.4 is 10.5 Å². The van der Waals surface area contributed by atoms with Crippen molar-refractivity contribution in [2.45, 2.75) is 24.8 Å². The minimum absolute atomic E-state index is 0.0106. The lowest BCUT2D eigenvalue weighted by Gasteiger charge is -2.38. The lowest BCUT2D eigenvalue weighted by Crippen LogP contribution is -2.46. The minimum atomic E-state index is -0.0559. The van der Waals surface area contributed by atoms with E-state index in [4.69, 9.17) is 14.9 Å². The third-order valence-corrected chi connectivity index (χ3v) is 5.44. The van der Waals surface area contributed by atoms with Gasteiger partial charge in [0.2, 0.25) is 0 Å². The summed E-state index contributed by atoms with van der Waals surface area (Å²) in [5, 5.41) is 0. The van der Waals surface area contributed by atoms with E-state index in [2.05, 4.69) is 12.6 Å². The molecule has 0 atom stereocenters. The third kappa shape index (κ3) is 2.65. The molecule has 5 nitrogen and oxygen atoms in total. The molecule has 1 aromatic heterocycles. The Bertz CT molecular complexity index is 802. The minimum Gasteiger partial charge on any atom is -0.492 e. The maximum atomic E-state index is 12.7. The molecule has 4 rings (SSSR count). The van der Waals surface area contributed by atoms with Gasteiger partial charge >= 0.3 is 0 Å². The van der Waals surface area contributed by atoms with Gasteiger partial charge in [-0.3, -0.25) is 4.79 Å². The molecule has 1 saturated heterocycles.